The van der Waals surface area contributed by atoms with E-state index in [4.69, 9.17) is 5.73 Å². The number of hydrogen-bond donors (Lipinski definition) is 2. The molecule has 1 aliphatic heterocycles. The zero-order chi connectivity index (χ0) is 16.1. The molecule has 1 saturated heterocycles. The number of anilines is 2. The van der Waals surface area contributed by atoms with E-state index in [1.165, 1.54) is 12.8 Å². The fourth-order valence-corrected chi connectivity index (χ4v) is 2.66. The molecule has 3 rings (SSSR count). The highest BCUT2D eigenvalue weighted by molar-refractivity contribution is 5.92. The Morgan fingerprint density at radius 1 is 1.04 bits per heavy atom. The third kappa shape index (κ3) is 5.76. The first-order chi connectivity index (χ1) is 11.2. The van der Waals surface area contributed by atoms with E-state index in [2.05, 4.69) is 20.4 Å². The molecule has 2 heterocycles. The highest BCUT2D eigenvalue weighted by Crippen LogP contribution is 2.16. The SMILES string of the molecule is Cl.Cl.Nc1ccc(CCNC(=O)c2ccc(N3CCCC3)nn2)cc1. The summed E-state index contributed by atoms with van der Waals surface area (Å²) in [5, 5.41) is 11.1. The lowest BCUT2D eigenvalue weighted by molar-refractivity contribution is 0.0948. The molecule has 0 bridgehead atoms. The van der Waals surface area contributed by atoms with Crippen molar-refractivity contribution < 1.29 is 4.79 Å². The maximum Gasteiger partial charge on any atom is 0.271 e. The van der Waals surface area contributed by atoms with Gasteiger partial charge in [0.2, 0.25) is 0 Å². The van der Waals surface area contributed by atoms with Gasteiger partial charge >= 0.3 is 0 Å². The minimum atomic E-state index is -0.194. The fraction of sp³-hybridized carbons (Fsp3) is 0.353. The second-order valence-corrected chi connectivity index (χ2v) is 5.72. The van der Waals surface area contributed by atoms with Gasteiger partial charge in [-0.15, -0.1) is 35.0 Å². The van der Waals surface area contributed by atoms with Crippen molar-refractivity contribution in [3.8, 4) is 0 Å². The van der Waals surface area contributed by atoms with Crippen LogP contribution in [-0.2, 0) is 6.42 Å². The molecule has 8 heteroatoms. The van der Waals surface area contributed by atoms with E-state index in [1.807, 2.05) is 30.3 Å². The fourth-order valence-electron chi connectivity index (χ4n) is 2.66. The minimum absolute atomic E-state index is 0. The molecule has 0 spiro atoms. The molecule has 1 aromatic heterocycles. The van der Waals surface area contributed by atoms with Gasteiger partial charge in [0.15, 0.2) is 11.5 Å². The number of benzene rings is 1. The van der Waals surface area contributed by atoms with Gasteiger partial charge in [-0.25, -0.2) is 0 Å². The topological polar surface area (TPSA) is 84.1 Å². The third-order valence-electron chi connectivity index (χ3n) is 3.99. The molecule has 1 amide bonds. The maximum absolute atomic E-state index is 12.1. The maximum atomic E-state index is 12.1. The van der Waals surface area contributed by atoms with Crippen LogP contribution in [-0.4, -0.2) is 35.7 Å². The summed E-state index contributed by atoms with van der Waals surface area (Å²) >= 11 is 0. The summed E-state index contributed by atoms with van der Waals surface area (Å²) in [4.78, 5) is 14.3. The average Bonchev–Trinajstić information content (AvgIpc) is 3.11. The quantitative estimate of drug-likeness (QED) is 0.774. The predicted octanol–water partition coefficient (Wildman–Crippen LogP) is 2.48. The number of carbonyl (C=O) groups excluding carboxylic acids is 1. The van der Waals surface area contributed by atoms with E-state index in [-0.39, 0.29) is 30.7 Å². The number of carbonyl (C=O) groups is 1. The first-order valence-electron chi connectivity index (χ1n) is 7.94. The molecule has 3 N–H and O–H groups in total. The Kier molecular flexibility index (Phi) is 8.45. The molecule has 1 aromatic carbocycles. The van der Waals surface area contributed by atoms with E-state index in [9.17, 15) is 4.79 Å². The van der Waals surface area contributed by atoms with Crippen LogP contribution in [0.3, 0.4) is 0 Å². The zero-order valence-electron chi connectivity index (χ0n) is 13.9. The van der Waals surface area contributed by atoms with Gasteiger partial charge in [-0.05, 0) is 49.1 Å². The normalized spacial score (nSPS) is 12.9. The van der Waals surface area contributed by atoms with Crippen LogP contribution in [0.15, 0.2) is 36.4 Å². The van der Waals surface area contributed by atoms with Gasteiger partial charge in [0.25, 0.3) is 5.91 Å². The van der Waals surface area contributed by atoms with Crippen LogP contribution in [0.2, 0.25) is 0 Å². The van der Waals surface area contributed by atoms with Crippen molar-refractivity contribution in [2.75, 3.05) is 30.3 Å². The summed E-state index contributed by atoms with van der Waals surface area (Å²) in [5.41, 5.74) is 7.88. The van der Waals surface area contributed by atoms with Crippen molar-refractivity contribution in [1.82, 2.24) is 15.5 Å². The number of nitrogens with two attached hydrogens (primary N) is 1. The van der Waals surface area contributed by atoms with Gasteiger partial charge in [0.1, 0.15) is 0 Å². The van der Waals surface area contributed by atoms with Crippen LogP contribution in [0.5, 0.6) is 0 Å². The second-order valence-electron chi connectivity index (χ2n) is 5.72. The van der Waals surface area contributed by atoms with Crippen LogP contribution in [0.1, 0.15) is 28.9 Å². The number of nitrogens with zero attached hydrogens (tertiary/aromatic N) is 3. The van der Waals surface area contributed by atoms with Gasteiger partial charge in [-0.3, -0.25) is 4.79 Å². The highest BCUT2D eigenvalue weighted by Gasteiger charge is 2.15. The van der Waals surface area contributed by atoms with Crippen LogP contribution < -0.4 is 16.0 Å². The Labute approximate surface area is 160 Å². The molecule has 25 heavy (non-hydrogen) atoms. The lowest BCUT2D eigenvalue weighted by Crippen LogP contribution is -2.27. The Hall–Kier alpha value is -2.05. The third-order valence-corrected chi connectivity index (χ3v) is 3.99. The number of amides is 1. The summed E-state index contributed by atoms with van der Waals surface area (Å²) in [6.45, 7) is 2.59. The van der Waals surface area contributed by atoms with Crippen LogP contribution in [0.4, 0.5) is 11.5 Å². The van der Waals surface area contributed by atoms with Crippen LogP contribution in [0, 0.1) is 0 Å². The van der Waals surface area contributed by atoms with Crippen molar-refractivity contribution >= 4 is 42.2 Å². The van der Waals surface area contributed by atoms with Gasteiger partial charge in [0.05, 0.1) is 0 Å². The van der Waals surface area contributed by atoms with Gasteiger partial charge in [-0.2, -0.15) is 0 Å². The number of nitrogens with one attached hydrogen (secondary N) is 1. The van der Waals surface area contributed by atoms with Gasteiger partial charge in [-0.1, -0.05) is 12.1 Å². The highest BCUT2D eigenvalue weighted by atomic mass is 35.5. The first kappa shape index (κ1) is 21.0. The lowest BCUT2D eigenvalue weighted by atomic mass is 10.1. The Bertz CT molecular complexity index is 658. The first-order valence-corrected chi connectivity index (χ1v) is 7.94. The summed E-state index contributed by atoms with van der Waals surface area (Å²) in [6, 6.07) is 11.3. The molecule has 0 radical (unpaired) electrons. The summed E-state index contributed by atoms with van der Waals surface area (Å²) < 4.78 is 0. The van der Waals surface area contributed by atoms with Gasteiger partial charge < -0.3 is 16.0 Å². The van der Waals surface area contributed by atoms with E-state index < -0.39 is 0 Å². The monoisotopic (exact) mass is 383 g/mol. The minimum Gasteiger partial charge on any atom is -0.399 e. The van der Waals surface area contributed by atoms with E-state index >= 15 is 0 Å². The molecule has 6 nitrogen and oxygen atoms in total. The number of aromatic nitrogens is 2. The van der Waals surface area contributed by atoms with Crippen molar-refractivity contribution in [2.45, 2.75) is 19.3 Å². The smallest absolute Gasteiger partial charge is 0.271 e. The van der Waals surface area contributed by atoms with Crippen molar-refractivity contribution in [2.24, 2.45) is 0 Å². The molecular weight excluding hydrogens is 361 g/mol. The Balaban J connectivity index is 0.00000156. The zero-order valence-corrected chi connectivity index (χ0v) is 15.5. The molecular formula is C17H23Cl2N5O. The average molecular weight is 384 g/mol. The van der Waals surface area contributed by atoms with Crippen LogP contribution in [0.25, 0.3) is 0 Å². The Morgan fingerprint density at radius 3 is 2.32 bits per heavy atom. The molecule has 136 valence electrons. The molecule has 0 saturated carbocycles. The summed E-state index contributed by atoms with van der Waals surface area (Å²) in [7, 11) is 0. The van der Waals surface area contributed by atoms with Crippen molar-refractivity contribution in [1.29, 1.82) is 0 Å². The number of halogens is 2. The van der Waals surface area contributed by atoms with E-state index in [1.54, 1.807) is 6.07 Å². The van der Waals surface area contributed by atoms with Crippen LogP contribution >= 0.6 is 24.8 Å². The molecule has 0 aliphatic carbocycles. The largest absolute Gasteiger partial charge is 0.399 e. The summed E-state index contributed by atoms with van der Waals surface area (Å²) in [6.07, 6.45) is 3.13. The lowest BCUT2D eigenvalue weighted by Gasteiger charge is -2.15. The molecule has 0 atom stereocenters. The number of rotatable bonds is 5. The van der Waals surface area contributed by atoms with E-state index in [0.717, 1.165) is 36.6 Å². The Morgan fingerprint density at radius 2 is 1.72 bits per heavy atom. The second kappa shape index (κ2) is 10.1. The van der Waals surface area contributed by atoms with Gasteiger partial charge in [0, 0.05) is 25.3 Å². The molecule has 1 aliphatic rings. The molecule has 2 aromatic rings. The number of hydrogen-bond acceptors (Lipinski definition) is 5. The van der Waals surface area contributed by atoms with Crippen molar-refractivity contribution in [3.63, 3.8) is 0 Å². The number of nitrogen functional groups attached to an aromatic ring is 1. The summed E-state index contributed by atoms with van der Waals surface area (Å²) in [5.74, 6) is 0.654. The molecule has 0 unspecified atom stereocenters. The van der Waals surface area contributed by atoms with E-state index in [0.29, 0.717) is 12.2 Å². The predicted molar refractivity (Wildman–Crippen MR) is 105 cm³/mol. The van der Waals surface area contributed by atoms with Crippen molar-refractivity contribution in [3.05, 3.63) is 47.7 Å². The standard InChI is InChI=1S/C17H21N5O.2ClH/c18-14-5-3-13(4-6-14)9-10-19-17(23)15-7-8-16(21-20-15)22-11-1-2-12-22;;/h3-8H,1-2,9-12,18H2,(H,19,23);2*1H. The molecule has 1 fully saturated rings.